The topological polar surface area (TPSA) is 53.4 Å². The van der Waals surface area contributed by atoms with Gasteiger partial charge in [-0.05, 0) is 49.8 Å². The highest BCUT2D eigenvalue weighted by molar-refractivity contribution is 7.15. The molecule has 3 aliphatic rings. The van der Waals surface area contributed by atoms with Gasteiger partial charge in [0.1, 0.15) is 11.5 Å². The zero-order valence-electron chi connectivity index (χ0n) is 13.4. The summed E-state index contributed by atoms with van der Waals surface area (Å²) in [6.07, 6.45) is 2.92. The van der Waals surface area contributed by atoms with Gasteiger partial charge in [-0.3, -0.25) is 4.79 Å². The highest BCUT2D eigenvalue weighted by Crippen LogP contribution is 2.44. The van der Waals surface area contributed by atoms with Crippen LogP contribution >= 0.6 is 11.3 Å². The van der Waals surface area contributed by atoms with Crippen LogP contribution in [0.3, 0.4) is 0 Å². The summed E-state index contributed by atoms with van der Waals surface area (Å²) in [5, 5.41) is 10.5. The van der Waals surface area contributed by atoms with Gasteiger partial charge in [-0.25, -0.2) is 9.37 Å². The lowest BCUT2D eigenvalue weighted by Gasteiger charge is -2.53. The van der Waals surface area contributed by atoms with Crippen molar-refractivity contribution in [2.24, 2.45) is 5.92 Å². The normalized spacial score (nSPS) is 25.5. The van der Waals surface area contributed by atoms with Gasteiger partial charge >= 0.3 is 0 Å². The first-order valence-corrected chi connectivity index (χ1v) is 9.05. The van der Waals surface area contributed by atoms with Gasteiger partial charge in [-0.2, -0.15) is 0 Å². The molecule has 3 fully saturated rings. The van der Waals surface area contributed by atoms with Gasteiger partial charge in [-0.1, -0.05) is 12.1 Å². The van der Waals surface area contributed by atoms with Gasteiger partial charge in [0.15, 0.2) is 0 Å². The Labute approximate surface area is 144 Å². The van der Waals surface area contributed by atoms with Crippen LogP contribution in [-0.4, -0.2) is 39.6 Å². The molecule has 1 atom stereocenters. The second-order valence-corrected chi connectivity index (χ2v) is 7.90. The average molecular weight is 346 g/mol. The second kappa shape index (κ2) is 5.93. The van der Waals surface area contributed by atoms with Crippen LogP contribution in [0.4, 0.5) is 4.39 Å². The van der Waals surface area contributed by atoms with E-state index in [-0.39, 0.29) is 30.4 Å². The van der Waals surface area contributed by atoms with E-state index in [1.54, 1.807) is 12.1 Å². The maximum atomic E-state index is 13.2. The standard InChI is InChI=1S/C18H19FN2O2S/c1-10-20-16(17(24-10)12-2-4-13(19)5-3-12)18(23)21-14-6-11(7-14)8-15(21)9-22/h2-5,11,14-15,22H,6-9H2,1H3. The number of halogens is 1. The van der Waals surface area contributed by atoms with Crippen LogP contribution in [-0.2, 0) is 0 Å². The molecule has 2 bridgehead atoms. The second-order valence-electron chi connectivity index (χ2n) is 6.69. The molecule has 1 aliphatic carbocycles. The molecule has 0 radical (unpaired) electrons. The van der Waals surface area contributed by atoms with Crippen molar-refractivity contribution in [2.45, 2.75) is 38.3 Å². The molecule has 6 heteroatoms. The van der Waals surface area contributed by atoms with Crippen molar-refractivity contribution in [1.82, 2.24) is 9.88 Å². The summed E-state index contributed by atoms with van der Waals surface area (Å²) in [4.78, 5) is 20.2. The van der Waals surface area contributed by atoms with Crippen molar-refractivity contribution >= 4 is 17.2 Å². The van der Waals surface area contributed by atoms with E-state index in [2.05, 4.69) is 4.98 Å². The fourth-order valence-corrected chi connectivity index (χ4v) is 4.82. The van der Waals surface area contributed by atoms with Crippen molar-refractivity contribution in [3.8, 4) is 10.4 Å². The van der Waals surface area contributed by atoms with E-state index in [0.29, 0.717) is 11.6 Å². The molecule has 2 aromatic rings. The predicted octanol–water partition coefficient (Wildman–Crippen LogP) is 3.24. The number of carbonyl (C=O) groups is 1. The lowest BCUT2D eigenvalue weighted by atomic mass is 9.70. The van der Waals surface area contributed by atoms with E-state index in [0.717, 1.165) is 34.7 Å². The zero-order valence-corrected chi connectivity index (χ0v) is 14.2. The van der Waals surface area contributed by atoms with E-state index < -0.39 is 0 Å². The molecule has 1 aromatic carbocycles. The molecule has 0 spiro atoms. The van der Waals surface area contributed by atoms with Crippen LogP contribution < -0.4 is 0 Å². The number of benzene rings is 1. The molecule has 1 N–H and O–H groups in total. The van der Waals surface area contributed by atoms with E-state index in [1.165, 1.54) is 23.5 Å². The number of carbonyl (C=O) groups excluding carboxylic acids is 1. The zero-order chi connectivity index (χ0) is 16.8. The van der Waals surface area contributed by atoms with Crippen LogP contribution in [0, 0.1) is 18.7 Å². The van der Waals surface area contributed by atoms with Crippen molar-refractivity contribution in [3.05, 3.63) is 40.8 Å². The first-order valence-electron chi connectivity index (χ1n) is 8.23. The highest BCUT2D eigenvalue weighted by atomic mass is 32.1. The third-order valence-corrected chi connectivity index (χ3v) is 6.11. The molecule has 3 heterocycles. The molecule has 1 saturated carbocycles. The molecule has 126 valence electrons. The Morgan fingerprint density at radius 3 is 2.71 bits per heavy atom. The number of hydrogen-bond donors (Lipinski definition) is 1. The van der Waals surface area contributed by atoms with E-state index in [9.17, 15) is 14.3 Å². The average Bonchev–Trinajstić information content (AvgIpc) is 2.95. The Bertz CT molecular complexity index is 768. The molecule has 4 nitrogen and oxygen atoms in total. The smallest absolute Gasteiger partial charge is 0.274 e. The molecule has 24 heavy (non-hydrogen) atoms. The molecule has 2 aliphatic heterocycles. The maximum Gasteiger partial charge on any atom is 0.274 e. The Balaban J connectivity index is 1.71. The number of rotatable bonds is 3. The molecule has 5 rings (SSSR count). The Kier molecular flexibility index (Phi) is 3.89. The number of aromatic nitrogens is 1. The van der Waals surface area contributed by atoms with Gasteiger partial charge in [0.25, 0.3) is 5.91 Å². The number of thiazole rings is 1. The quantitative estimate of drug-likeness (QED) is 0.928. The monoisotopic (exact) mass is 346 g/mol. The predicted molar refractivity (Wildman–Crippen MR) is 90.4 cm³/mol. The van der Waals surface area contributed by atoms with Crippen LogP contribution in [0.15, 0.2) is 24.3 Å². The molecule has 1 amide bonds. The van der Waals surface area contributed by atoms with Gasteiger partial charge in [0.2, 0.25) is 0 Å². The summed E-state index contributed by atoms with van der Waals surface area (Å²) in [6, 6.07) is 6.25. The van der Waals surface area contributed by atoms with Gasteiger partial charge in [0, 0.05) is 6.04 Å². The minimum Gasteiger partial charge on any atom is -0.394 e. The molecular formula is C18H19FN2O2S. The first-order chi connectivity index (χ1) is 11.6. The van der Waals surface area contributed by atoms with Crippen LogP contribution in [0.2, 0.25) is 0 Å². The molecule has 1 aromatic heterocycles. The lowest BCUT2D eigenvalue weighted by molar-refractivity contribution is -0.0341. The Morgan fingerprint density at radius 2 is 2.04 bits per heavy atom. The number of aliphatic hydroxyl groups is 1. The van der Waals surface area contributed by atoms with E-state index in [1.807, 2.05) is 11.8 Å². The van der Waals surface area contributed by atoms with Crippen molar-refractivity contribution < 1.29 is 14.3 Å². The van der Waals surface area contributed by atoms with Gasteiger partial charge in [-0.15, -0.1) is 11.3 Å². The SMILES string of the molecule is Cc1nc(C(=O)N2C(CO)CC3CC2C3)c(-c2ccc(F)cc2)s1. The summed E-state index contributed by atoms with van der Waals surface area (Å²) in [7, 11) is 0. The molecule has 2 saturated heterocycles. The lowest BCUT2D eigenvalue weighted by Crippen LogP contribution is -2.60. The largest absolute Gasteiger partial charge is 0.394 e. The van der Waals surface area contributed by atoms with Crippen LogP contribution in [0.5, 0.6) is 0 Å². The fraction of sp³-hybridized carbons (Fsp3) is 0.444. The minimum absolute atomic E-state index is 0.00621. The number of piperidine rings is 2. The number of amides is 1. The first kappa shape index (κ1) is 15.7. The van der Waals surface area contributed by atoms with Crippen LogP contribution in [0.25, 0.3) is 10.4 Å². The van der Waals surface area contributed by atoms with E-state index in [4.69, 9.17) is 0 Å². The summed E-state index contributed by atoms with van der Waals surface area (Å²) in [6.45, 7) is 1.86. The summed E-state index contributed by atoms with van der Waals surface area (Å²) < 4.78 is 13.2. The number of aryl methyl sites for hydroxylation is 1. The van der Waals surface area contributed by atoms with Gasteiger partial charge < -0.3 is 10.0 Å². The maximum absolute atomic E-state index is 13.2. The van der Waals surface area contributed by atoms with Gasteiger partial charge in [0.05, 0.1) is 22.5 Å². The molecule has 1 unspecified atom stereocenters. The molecular weight excluding hydrogens is 327 g/mol. The van der Waals surface area contributed by atoms with E-state index >= 15 is 0 Å². The minimum atomic E-state index is -0.301. The van der Waals surface area contributed by atoms with Crippen molar-refractivity contribution in [3.63, 3.8) is 0 Å². The number of hydrogen-bond acceptors (Lipinski definition) is 4. The fourth-order valence-electron chi connectivity index (χ4n) is 3.90. The summed E-state index contributed by atoms with van der Waals surface area (Å²) in [5.41, 5.74) is 1.22. The Hall–Kier alpha value is -1.79. The Morgan fingerprint density at radius 1 is 1.33 bits per heavy atom. The third-order valence-electron chi connectivity index (χ3n) is 5.09. The van der Waals surface area contributed by atoms with Crippen molar-refractivity contribution in [2.75, 3.05) is 6.61 Å². The third kappa shape index (κ3) is 2.54. The van der Waals surface area contributed by atoms with Crippen LogP contribution in [0.1, 0.15) is 34.8 Å². The summed E-state index contributed by atoms with van der Waals surface area (Å²) in [5.74, 6) is 0.232. The number of fused-ring (bicyclic) bond motifs is 2. The number of aliphatic hydroxyl groups excluding tert-OH is 1. The highest BCUT2D eigenvalue weighted by Gasteiger charge is 2.46. The summed E-state index contributed by atoms with van der Waals surface area (Å²) >= 11 is 1.44. The number of nitrogens with zero attached hydrogens (tertiary/aromatic N) is 2. The van der Waals surface area contributed by atoms with Crippen molar-refractivity contribution in [1.29, 1.82) is 0 Å².